The van der Waals surface area contributed by atoms with Crippen LogP contribution in [0.1, 0.15) is 11.1 Å². The number of carbonyl (C=O) groups excluding carboxylic acids is 1. The second kappa shape index (κ2) is 7.81. The van der Waals surface area contributed by atoms with Crippen molar-refractivity contribution in [1.82, 2.24) is 4.98 Å². The van der Waals surface area contributed by atoms with Crippen molar-refractivity contribution in [3.63, 3.8) is 0 Å². The molecule has 25 heavy (non-hydrogen) atoms. The Labute approximate surface area is 151 Å². The molecule has 3 aromatic rings. The van der Waals surface area contributed by atoms with Gasteiger partial charge in [-0.1, -0.05) is 53.6 Å². The van der Waals surface area contributed by atoms with E-state index in [1.54, 1.807) is 12.3 Å². The summed E-state index contributed by atoms with van der Waals surface area (Å²) in [5, 5.41) is 6.63. The molecule has 2 N–H and O–H groups in total. The zero-order valence-electron chi connectivity index (χ0n) is 13.8. The molecule has 5 heteroatoms. The molecule has 1 heterocycles. The Morgan fingerprint density at radius 2 is 1.80 bits per heavy atom. The molecule has 0 bridgehead atoms. The van der Waals surface area contributed by atoms with E-state index >= 15 is 0 Å². The van der Waals surface area contributed by atoms with Crippen molar-refractivity contribution in [3.05, 3.63) is 83.0 Å². The normalized spacial score (nSPS) is 10.3. The Morgan fingerprint density at radius 3 is 2.48 bits per heavy atom. The lowest BCUT2D eigenvalue weighted by Gasteiger charge is -2.09. The minimum Gasteiger partial charge on any atom is -0.353 e. The first-order chi connectivity index (χ1) is 12.1. The number of hydrogen-bond donors (Lipinski definition) is 2. The highest BCUT2D eigenvalue weighted by Crippen LogP contribution is 2.24. The number of rotatable bonds is 5. The Bertz CT molecular complexity index is 861. The first-order valence-corrected chi connectivity index (χ1v) is 8.31. The summed E-state index contributed by atoms with van der Waals surface area (Å²) >= 11 is 6.12. The van der Waals surface area contributed by atoms with Crippen LogP contribution in [0.2, 0.25) is 5.02 Å². The highest BCUT2D eigenvalue weighted by Gasteiger charge is 2.06. The van der Waals surface area contributed by atoms with Crippen LogP contribution in [-0.2, 0) is 11.2 Å². The van der Waals surface area contributed by atoms with Gasteiger partial charge in [0.15, 0.2) is 0 Å². The molecule has 0 aliphatic heterocycles. The summed E-state index contributed by atoms with van der Waals surface area (Å²) in [6, 6.07) is 19.0. The van der Waals surface area contributed by atoms with Crippen LogP contribution in [0, 0.1) is 6.92 Å². The monoisotopic (exact) mass is 351 g/mol. The molecule has 4 nitrogen and oxygen atoms in total. The molecule has 0 aliphatic rings. The number of hydrogen-bond acceptors (Lipinski definition) is 3. The molecule has 0 atom stereocenters. The standard InChI is InChI=1S/C20H18ClN3O/c1-14-6-8-15(9-7-14)12-20(25)24-19-11-10-16(13-22-19)23-18-5-3-2-4-17(18)21/h2-11,13,23H,12H2,1H3,(H,22,24,25). The maximum atomic E-state index is 12.1. The van der Waals surface area contributed by atoms with Gasteiger partial charge in [0.1, 0.15) is 5.82 Å². The molecule has 0 aliphatic carbocycles. The molecule has 3 rings (SSSR count). The third kappa shape index (κ3) is 4.81. The Morgan fingerprint density at radius 1 is 1.04 bits per heavy atom. The van der Waals surface area contributed by atoms with Crippen molar-refractivity contribution in [3.8, 4) is 0 Å². The van der Waals surface area contributed by atoms with Crippen molar-refractivity contribution in [2.24, 2.45) is 0 Å². The lowest BCUT2D eigenvalue weighted by atomic mass is 10.1. The number of benzene rings is 2. The highest BCUT2D eigenvalue weighted by molar-refractivity contribution is 6.33. The number of amides is 1. The molecule has 2 aromatic carbocycles. The fourth-order valence-corrected chi connectivity index (χ4v) is 2.52. The zero-order valence-corrected chi connectivity index (χ0v) is 14.5. The van der Waals surface area contributed by atoms with E-state index in [1.165, 1.54) is 5.56 Å². The summed E-state index contributed by atoms with van der Waals surface area (Å²) in [5.41, 5.74) is 3.75. The van der Waals surface area contributed by atoms with Crippen LogP contribution in [0.15, 0.2) is 66.9 Å². The number of pyridine rings is 1. The Hall–Kier alpha value is -2.85. The van der Waals surface area contributed by atoms with Gasteiger partial charge in [-0.2, -0.15) is 0 Å². The second-order valence-corrected chi connectivity index (χ2v) is 6.15. The summed E-state index contributed by atoms with van der Waals surface area (Å²) in [5.74, 6) is 0.421. The number of para-hydroxylation sites is 1. The van der Waals surface area contributed by atoms with E-state index in [4.69, 9.17) is 11.6 Å². The lowest BCUT2D eigenvalue weighted by molar-refractivity contribution is -0.115. The average Bonchev–Trinajstić information content (AvgIpc) is 2.61. The van der Waals surface area contributed by atoms with Gasteiger partial charge in [-0.3, -0.25) is 4.79 Å². The first-order valence-electron chi connectivity index (χ1n) is 7.93. The molecule has 126 valence electrons. The van der Waals surface area contributed by atoms with Crippen molar-refractivity contribution in [2.45, 2.75) is 13.3 Å². The molecule has 1 amide bonds. The molecular weight excluding hydrogens is 334 g/mol. The maximum Gasteiger partial charge on any atom is 0.229 e. The zero-order chi connectivity index (χ0) is 17.6. The minimum atomic E-state index is -0.0943. The first kappa shape index (κ1) is 17.0. The number of nitrogens with zero attached hydrogens (tertiary/aromatic N) is 1. The van der Waals surface area contributed by atoms with Crippen molar-refractivity contribution < 1.29 is 4.79 Å². The highest BCUT2D eigenvalue weighted by atomic mass is 35.5. The van der Waals surface area contributed by atoms with E-state index in [0.29, 0.717) is 17.3 Å². The molecule has 1 aromatic heterocycles. The van der Waals surface area contributed by atoms with Crippen LogP contribution in [0.5, 0.6) is 0 Å². The van der Waals surface area contributed by atoms with Gasteiger partial charge in [-0.25, -0.2) is 4.98 Å². The van der Waals surface area contributed by atoms with Crippen LogP contribution in [-0.4, -0.2) is 10.9 Å². The van der Waals surface area contributed by atoms with Crippen LogP contribution < -0.4 is 10.6 Å². The number of nitrogens with one attached hydrogen (secondary N) is 2. The van der Waals surface area contributed by atoms with Gasteiger partial charge in [0.05, 0.1) is 29.0 Å². The smallest absolute Gasteiger partial charge is 0.229 e. The van der Waals surface area contributed by atoms with Crippen molar-refractivity contribution in [1.29, 1.82) is 0 Å². The average molecular weight is 352 g/mol. The minimum absolute atomic E-state index is 0.0943. The Kier molecular flexibility index (Phi) is 5.31. The van der Waals surface area contributed by atoms with Gasteiger partial charge in [0.2, 0.25) is 5.91 Å². The molecule has 0 saturated heterocycles. The summed E-state index contributed by atoms with van der Waals surface area (Å²) < 4.78 is 0. The van der Waals surface area contributed by atoms with Gasteiger partial charge in [0, 0.05) is 0 Å². The molecular formula is C20H18ClN3O. The van der Waals surface area contributed by atoms with Crippen LogP contribution >= 0.6 is 11.6 Å². The number of anilines is 3. The van der Waals surface area contributed by atoms with Crippen molar-refractivity contribution in [2.75, 3.05) is 10.6 Å². The van der Waals surface area contributed by atoms with Crippen LogP contribution in [0.4, 0.5) is 17.2 Å². The molecule has 0 fully saturated rings. The van der Waals surface area contributed by atoms with E-state index in [0.717, 1.165) is 16.9 Å². The molecule has 0 unspecified atom stereocenters. The quantitative estimate of drug-likeness (QED) is 0.682. The van der Waals surface area contributed by atoms with Crippen LogP contribution in [0.25, 0.3) is 0 Å². The number of carbonyl (C=O) groups is 1. The van der Waals surface area contributed by atoms with E-state index < -0.39 is 0 Å². The summed E-state index contributed by atoms with van der Waals surface area (Å²) in [6.07, 6.45) is 1.98. The van der Waals surface area contributed by atoms with E-state index in [1.807, 2.05) is 61.5 Å². The van der Waals surface area contributed by atoms with Gasteiger partial charge < -0.3 is 10.6 Å². The molecule has 0 radical (unpaired) electrons. The fourth-order valence-electron chi connectivity index (χ4n) is 2.34. The van der Waals surface area contributed by atoms with Gasteiger partial charge in [0.25, 0.3) is 0 Å². The van der Waals surface area contributed by atoms with Crippen LogP contribution in [0.3, 0.4) is 0 Å². The third-order valence-electron chi connectivity index (χ3n) is 3.67. The summed E-state index contributed by atoms with van der Waals surface area (Å²) in [7, 11) is 0. The largest absolute Gasteiger partial charge is 0.353 e. The predicted octanol–water partition coefficient (Wildman–Crippen LogP) is 4.97. The summed E-state index contributed by atoms with van der Waals surface area (Å²) in [4.78, 5) is 16.4. The fraction of sp³-hybridized carbons (Fsp3) is 0.100. The van der Waals surface area contributed by atoms with Gasteiger partial charge in [-0.15, -0.1) is 0 Å². The molecule has 0 saturated carbocycles. The predicted molar refractivity (Wildman–Crippen MR) is 102 cm³/mol. The third-order valence-corrected chi connectivity index (χ3v) is 4.00. The number of halogens is 1. The molecule has 0 spiro atoms. The van der Waals surface area contributed by atoms with E-state index in [9.17, 15) is 4.79 Å². The number of aromatic nitrogens is 1. The van der Waals surface area contributed by atoms with E-state index in [-0.39, 0.29) is 5.91 Å². The lowest BCUT2D eigenvalue weighted by Crippen LogP contribution is -2.15. The second-order valence-electron chi connectivity index (χ2n) is 5.75. The summed E-state index contributed by atoms with van der Waals surface area (Å²) in [6.45, 7) is 2.02. The van der Waals surface area contributed by atoms with Gasteiger partial charge in [-0.05, 0) is 36.8 Å². The maximum absolute atomic E-state index is 12.1. The Balaban J connectivity index is 1.59. The van der Waals surface area contributed by atoms with Crippen molar-refractivity contribution >= 4 is 34.7 Å². The van der Waals surface area contributed by atoms with Gasteiger partial charge >= 0.3 is 0 Å². The topological polar surface area (TPSA) is 54.0 Å². The number of aryl methyl sites for hydroxylation is 1. The van der Waals surface area contributed by atoms with E-state index in [2.05, 4.69) is 15.6 Å². The SMILES string of the molecule is Cc1ccc(CC(=O)Nc2ccc(Nc3ccccc3Cl)cn2)cc1.